The first-order valence-electron chi connectivity index (χ1n) is 5.33. The molecule has 0 spiro atoms. The molecule has 0 unspecified atom stereocenters. The summed E-state index contributed by atoms with van der Waals surface area (Å²) in [5.74, 6) is 1.71. The number of nitrogen functional groups attached to an aromatic ring is 1. The summed E-state index contributed by atoms with van der Waals surface area (Å²) in [7, 11) is 0. The molecule has 0 saturated carbocycles. The fourth-order valence-corrected chi connectivity index (χ4v) is 2.25. The van der Waals surface area contributed by atoms with Gasteiger partial charge in [-0.25, -0.2) is 0 Å². The van der Waals surface area contributed by atoms with Crippen molar-refractivity contribution < 1.29 is 4.74 Å². The molecule has 0 atom stereocenters. The van der Waals surface area contributed by atoms with Gasteiger partial charge in [0.05, 0.1) is 11.7 Å². The molecule has 0 radical (unpaired) electrons. The van der Waals surface area contributed by atoms with Gasteiger partial charge in [-0.2, -0.15) is 0 Å². The molecule has 16 heavy (non-hydrogen) atoms. The van der Waals surface area contributed by atoms with Gasteiger partial charge in [0.15, 0.2) is 0 Å². The molecular weight excluding hydrogens is 220 g/mol. The molecule has 3 N–H and O–H groups in total. The molecular formula is C12H18N2OS. The summed E-state index contributed by atoms with van der Waals surface area (Å²) in [5.41, 5.74) is 6.32. The Kier molecular flexibility index (Phi) is 4.68. The third kappa shape index (κ3) is 3.17. The Morgan fingerprint density at radius 3 is 2.69 bits per heavy atom. The third-order valence-corrected chi connectivity index (χ3v) is 2.86. The molecule has 0 bridgehead atoms. The minimum absolute atomic E-state index is 0.0622. The van der Waals surface area contributed by atoms with E-state index >= 15 is 0 Å². The highest BCUT2D eigenvalue weighted by molar-refractivity contribution is 7.99. The van der Waals surface area contributed by atoms with Gasteiger partial charge in [0, 0.05) is 4.90 Å². The number of amidine groups is 1. The lowest BCUT2D eigenvalue weighted by Crippen LogP contribution is -2.16. The number of nitrogens with two attached hydrogens (primary N) is 1. The Hall–Kier alpha value is -1.16. The highest BCUT2D eigenvalue weighted by Gasteiger charge is 2.13. The molecule has 1 aromatic rings. The van der Waals surface area contributed by atoms with Gasteiger partial charge in [-0.05, 0) is 31.7 Å². The molecule has 0 saturated heterocycles. The minimum Gasteiger partial charge on any atom is -0.490 e. The number of thioether (sulfide) groups is 1. The van der Waals surface area contributed by atoms with Crippen LogP contribution in [0.25, 0.3) is 0 Å². The van der Waals surface area contributed by atoms with Gasteiger partial charge in [-0.3, -0.25) is 5.41 Å². The van der Waals surface area contributed by atoms with Crippen LogP contribution in [0.2, 0.25) is 0 Å². The van der Waals surface area contributed by atoms with Crippen LogP contribution in [0.4, 0.5) is 0 Å². The zero-order chi connectivity index (χ0) is 12.1. The van der Waals surface area contributed by atoms with Crippen LogP contribution in [0, 0.1) is 5.41 Å². The van der Waals surface area contributed by atoms with Crippen LogP contribution in [-0.4, -0.2) is 17.7 Å². The molecule has 1 aromatic carbocycles. The second kappa shape index (κ2) is 5.80. The summed E-state index contributed by atoms with van der Waals surface area (Å²) >= 11 is 1.67. The zero-order valence-electron chi connectivity index (χ0n) is 9.91. The summed E-state index contributed by atoms with van der Waals surface area (Å²) in [6.07, 6.45) is 0.0833. The normalized spacial score (nSPS) is 10.5. The van der Waals surface area contributed by atoms with E-state index in [0.717, 1.165) is 10.6 Å². The number of rotatable bonds is 5. The van der Waals surface area contributed by atoms with Crippen molar-refractivity contribution in [3.63, 3.8) is 0 Å². The second-order valence-corrected chi connectivity index (χ2v) is 4.95. The van der Waals surface area contributed by atoms with Gasteiger partial charge >= 0.3 is 0 Å². The maximum absolute atomic E-state index is 7.62. The fraction of sp³-hybridized carbons (Fsp3) is 0.417. The Labute approximate surface area is 101 Å². The van der Waals surface area contributed by atoms with Gasteiger partial charge in [0.1, 0.15) is 11.6 Å². The van der Waals surface area contributed by atoms with Crippen LogP contribution in [-0.2, 0) is 0 Å². The van der Waals surface area contributed by atoms with Gasteiger partial charge in [-0.15, -0.1) is 11.8 Å². The van der Waals surface area contributed by atoms with Crippen LogP contribution in [0.3, 0.4) is 0 Å². The van der Waals surface area contributed by atoms with Crippen molar-refractivity contribution in [1.82, 2.24) is 0 Å². The fourth-order valence-electron chi connectivity index (χ4n) is 1.40. The molecule has 0 aliphatic carbocycles. The molecule has 0 aliphatic heterocycles. The molecule has 3 nitrogen and oxygen atoms in total. The van der Waals surface area contributed by atoms with Crippen LogP contribution in [0.15, 0.2) is 23.1 Å². The van der Waals surface area contributed by atoms with Gasteiger partial charge in [-0.1, -0.05) is 13.0 Å². The lowest BCUT2D eigenvalue weighted by Gasteiger charge is -2.16. The van der Waals surface area contributed by atoms with Crippen LogP contribution >= 0.6 is 11.8 Å². The quantitative estimate of drug-likeness (QED) is 0.471. The maximum atomic E-state index is 7.62. The molecule has 0 aromatic heterocycles. The minimum atomic E-state index is 0.0622. The Morgan fingerprint density at radius 1 is 1.50 bits per heavy atom. The van der Waals surface area contributed by atoms with E-state index in [1.807, 2.05) is 32.0 Å². The first-order chi connectivity index (χ1) is 7.56. The summed E-state index contributed by atoms with van der Waals surface area (Å²) in [6, 6.07) is 5.76. The summed E-state index contributed by atoms with van der Waals surface area (Å²) in [4.78, 5) is 1.01. The van der Waals surface area contributed by atoms with E-state index in [4.69, 9.17) is 15.9 Å². The zero-order valence-corrected chi connectivity index (χ0v) is 10.7. The Morgan fingerprint density at radius 2 is 2.19 bits per heavy atom. The van der Waals surface area contributed by atoms with E-state index in [1.54, 1.807) is 11.8 Å². The third-order valence-electron chi connectivity index (χ3n) is 1.92. The van der Waals surface area contributed by atoms with Gasteiger partial charge in [0.2, 0.25) is 0 Å². The van der Waals surface area contributed by atoms with Crippen molar-refractivity contribution in [1.29, 1.82) is 5.41 Å². The molecule has 4 heteroatoms. The Balaban J connectivity index is 3.16. The number of nitrogens with one attached hydrogen (secondary N) is 1. The lowest BCUT2D eigenvalue weighted by molar-refractivity contribution is 0.241. The maximum Gasteiger partial charge on any atom is 0.131 e. The van der Waals surface area contributed by atoms with Crippen molar-refractivity contribution in [2.24, 2.45) is 5.73 Å². The topological polar surface area (TPSA) is 59.1 Å². The molecule has 0 fully saturated rings. The van der Waals surface area contributed by atoms with E-state index in [2.05, 4.69) is 6.92 Å². The number of hydrogen-bond acceptors (Lipinski definition) is 3. The number of benzene rings is 1. The number of hydrogen-bond donors (Lipinski definition) is 2. The second-order valence-electron chi connectivity index (χ2n) is 3.64. The van der Waals surface area contributed by atoms with Crippen molar-refractivity contribution >= 4 is 17.6 Å². The molecule has 0 aliphatic rings. The number of ether oxygens (including phenoxy) is 1. The predicted octanol–water partition coefficient (Wildman–Crippen LogP) is 2.87. The SMILES string of the molecule is CCSc1cccc(OC(C)C)c1C(=N)N. The largest absolute Gasteiger partial charge is 0.490 e. The predicted molar refractivity (Wildman–Crippen MR) is 69.6 cm³/mol. The van der Waals surface area contributed by atoms with Crippen molar-refractivity contribution in [2.45, 2.75) is 31.8 Å². The van der Waals surface area contributed by atoms with Crippen molar-refractivity contribution in [3.8, 4) is 5.75 Å². The van der Waals surface area contributed by atoms with Gasteiger partial charge in [0.25, 0.3) is 0 Å². The van der Waals surface area contributed by atoms with Crippen molar-refractivity contribution in [2.75, 3.05) is 5.75 Å². The lowest BCUT2D eigenvalue weighted by atomic mass is 10.2. The highest BCUT2D eigenvalue weighted by atomic mass is 32.2. The molecule has 1 rings (SSSR count). The highest BCUT2D eigenvalue weighted by Crippen LogP contribution is 2.30. The summed E-state index contributed by atoms with van der Waals surface area (Å²) in [5, 5.41) is 7.62. The van der Waals surface area contributed by atoms with E-state index < -0.39 is 0 Å². The summed E-state index contributed by atoms with van der Waals surface area (Å²) in [6.45, 7) is 6.00. The van der Waals surface area contributed by atoms with Gasteiger partial charge < -0.3 is 10.5 Å². The smallest absolute Gasteiger partial charge is 0.131 e. The Bertz CT molecular complexity index is 377. The first-order valence-corrected chi connectivity index (χ1v) is 6.31. The average molecular weight is 238 g/mol. The van der Waals surface area contributed by atoms with E-state index in [0.29, 0.717) is 11.3 Å². The average Bonchev–Trinajstić information content (AvgIpc) is 2.16. The van der Waals surface area contributed by atoms with Crippen LogP contribution < -0.4 is 10.5 Å². The molecule has 88 valence electrons. The summed E-state index contributed by atoms with van der Waals surface area (Å²) < 4.78 is 5.66. The molecule has 0 amide bonds. The van der Waals surface area contributed by atoms with Crippen LogP contribution in [0.1, 0.15) is 26.3 Å². The van der Waals surface area contributed by atoms with Crippen LogP contribution in [0.5, 0.6) is 5.75 Å². The van der Waals surface area contributed by atoms with Crippen molar-refractivity contribution in [3.05, 3.63) is 23.8 Å². The first kappa shape index (κ1) is 12.9. The standard InChI is InChI=1S/C12H18N2OS/c1-4-16-10-7-5-6-9(15-8(2)3)11(10)12(13)14/h5-8H,4H2,1-3H3,(H3,13,14). The van der Waals surface area contributed by atoms with E-state index in [-0.39, 0.29) is 11.9 Å². The molecule has 0 heterocycles. The monoisotopic (exact) mass is 238 g/mol. The van der Waals surface area contributed by atoms with E-state index in [9.17, 15) is 0 Å². The van der Waals surface area contributed by atoms with E-state index in [1.165, 1.54) is 0 Å².